The van der Waals surface area contributed by atoms with Crippen LogP contribution < -0.4 is 5.32 Å². The van der Waals surface area contributed by atoms with E-state index in [1.165, 1.54) is 11.3 Å². The van der Waals surface area contributed by atoms with Gasteiger partial charge in [-0.1, -0.05) is 32.9 Å². The number of piperidine rings is 1. The molecule has 1 aromatic carbocycles. The van der Waals surface area contributed by atoms with Crippen LogP contribution >= 0.6 is 11.3 Å². The van der Waals surface area contributed by atoms with Crippen LogP contribution in [0.1, 0.15) is 48.8 Å². The number of likely N-dealkylation sites (tertiary alicyclic amines) is 1. The van der Waals surface area contributed by atoms with E-state index in [4.69, 9.17) is 0 Å². The van der Waals surface area contributed by atoms with E-state index in [2.05, 4.69) is 26.1 Å². The maximum atomic E-state index is 12.7. The number of benzene rings is 1. The van der Waals surface area contributed by atoms with Gasteiger partial charge in [-0.15, -0.1) is 11.3 Å². The van der Waals surface area contributed by atoms with Gasteiger partial charge in [-0.3, -0.25) is 9.59 Å². The van der Waals surface area contributed by atoms with Gasteiger partial charge in [-0.05, 0) is 47.4 Å². The van der Waals surface area contributed by atoms with Crippen LogP contribution in [0, 0.1) is 5.92 Å². The average molecular weight is 387 g/mol. The minimum Gasteiger partial charge on any atom is -0.506 e. The molecule has 2 aromatic rings. The van der Waals surface area contributed by atoms with Crippen molar-refractivity contribution in [1.82, 2.24) is 4.90 Å². The molecule has 0 spiro atoms. The highest BCUT2D eigenvalue weighted by Crippen LogP contribution is 2.31. The van der Waals surface area contributed by atoms with Crippen LogP contribution in [0.15, 0.2) is 35.7 Å². The number of aromatic hydroxyl groups is 1. The molecule has 0 aliphatic carbocycles. The first-order valence-corrected chi connectivity index (χ1v) is 10.1. The fourth-order valence-corrected chi connectivity index (χ4v) is 3.93. The summed E-state index contributed by atoms with van der Waals surface area (Å²) < 4.78 is 0. The second kappa shape index (κ2) is 7.72. The Labute approximate surface area is 164 Å². The van der Waals surface area contributed by atoms with Crippen LogP contribution in [-0.2, 0) is 10.2 Å². The highest BCUT2D eigenvalue weighted by Gasteiger charge is 2.28. The summed E-state index contributed by atoms with van der Waals surface area (Å²) in [5.74, 6) is -0.143. The molecule has 27 heavy (non-hydrogen) atoms. The summed E-state index contributed by atoms with van der Waals surface area (Å²) in [6, 6.07) is 9.04. The minimum atomic E-state index is -0.157. The Morgan fingerprint density at radius 1 is 1.19 bits per heavy atom. The number of thiophene rings is 1. The summed E-state index contributed by atoms with van der Waals surface area (Å²) in [6.45, 7) is 7.41. The fourth-order valence-electron chi connectivity index (χ4n) is 3.24. The molecule has 5 nitrogen and oxygen atoms in total. The normalized spacial score (nSPS) is 15.6. The number of phenols is 1. The van der Waals surface area contributed by atoms with Gasteiger partial charge in [0.25, 0.3) is 5.91 Å². The Morgan fingerprint density at radius 3 is 2.48 bits per heavy atom. The molecule has 1 fully saturated rings. The molecule has 2 N–H and O–H groups in total. The number of amides is 2. The Bertz CT molecular complexity index is 816. The van der Waals surface area contributed by atoms with E-state index in [0.717, 1.165) is 10.4 Å². The van der Waals surface area contributed by atoms with Crippen molar-refractivity contribution in [2.24, 2.45) is 5.92 Å². The Kier molecular flexibility index (Phi) is 5.56. The largest absolute Gasteiger partial charge is 0.506 e. The van der Waals surface area contributed by atoms with Gasteiger partial charge in [0.15, 0.2) is 0 Å². The zero-order chi connectivity index (χ0) is 19.6. The number of anilines is 1. The Morgan fingerprint density at radius 2 is 1.89 bits per heavy atom. The van der Waals surface area contributed by atoms with E-state index in [1.54, 1.807) is 6.07 Å². The molecular formula is C21H26N2O3S. The third-order valence-electron chi connectivity index (χ3n) is 5.01. The quantitative estimate of drug-likeness (QED) is 0.775. The van der Waals surface area contributed by atoms with E-state index in [9.17, 15) is 14.7 Å². The van der Waals surface area contributed by atoms with Crippen LogP contribution in [-0.4, -0.2) is 34.9 Å². The maximum absolute atomic E-state index is 12.7. The summed E-state index contributed by atoms with van der Waals surface area (Å²) in [4.78, 5) is 27.6. The standard InChI is InChI=1S/C21H26N2O3S/c1-21(2,3)15-6-7-17(24)16(13-15)22-19(25)14-8-10-23(11-9-14)20(26)18-5-4-12-27-18/h4-7,12-14,24H,8-11H2,1-3H3,(H,22,25). The second-order valence-electron chi connectivity index (χ2n) is 8.01. The molecule has 2 heterocycles. The van der Waals surface area contributed by atoms with Crippen molar-refractivity contribution < 1.29 is 14.7 Å². The van der Waals surface area contributed by atoms with Gasteiger partial charge in [0.05, 0.1) is 10.6 Å². The third kappa shape index (κ3) is 4.50. The Hall–Kier alpha value is -2.34. The SMILES string of the molecule is CC(C)(C)c1ccc(O)c(NC(=O)C2CCN(C(=O)c3cccs3)CC2)c1. The van der Waals surface area contributed by atoms with Gasteiger partial charge in [-0.2, -0.15) is 0 Å². The first-order chi connectivity index (χ1) is 12.8. The first kappa shape index (κ1) is 19.4. The molecule has 0 unspecified atom stereocenters. The summed E-state index contributed by atoms with van der Waals surface area (Å²) in [7, 11) is 0. The van der Waals surface area contributed by atoms with Crippen LogP contribution in [0.5, 0.6) is 5.75 Å². The lowest BCUT2D eigenvalue weighted by Gasteiger charge is -2.31. The van der Waals surface area contributed by atoms with Crippen molar-refractivity contribution in [2.45, 2.75) is 39.0 Å². The molecule has 3 rings (SSSR count). The zero-order valence-electron chi connectivity index (χ0n) is 16.0. The summed E-state index contributed by atoms with van der Waals surface area (Å²) >= 11 is 1.44. The van der Waals surface area contributed by atoms with E-state index in [-0.39, 0.29) is 28.9 Å². The molecule has 6 heteroatoms. The number of hydrogen-bond acceptors (Lipinski definition) is 4. The molecule has 2 amide bonds. The van der Waals surface area contributed by atoms with Crippen LogP contribution in [0.2, 0.25) is 0 Å². The Balaban J connectivity index is 1.61. The third-order valence-corrected chi connectivity index (χ3v) is 5.86. The molecule has 1 aliphatic heterocycles. The predicted molar refractivity (Wildman–Crippen MR) is 108 cm³/mol. The van der Waals surface area contributed by atoms with Crippen molar-refractivity contribution in [3.63, 3.8) is 0 Å². The average Bonchev–Trinajstić information content (AvgIpc) is 3.16. The van der Waals surface area contributed by atoms with Gasteiger partial charge in [0.1, 0.15) is 5.75 Å². The maximum Gasteiger partial charge on any atom is 0.263 e. The number of carbonyl (C=O) groups excluding carboxylic acids is 2. The monoisotopic (exact) mass is 386 g/mol. The van der Waals surface area contributed by atoms with Crippen LogP contribution in [0.25, 0.3) is 0 Å². The molecule has 0 saturated carbocycles. The van der Waals surface area contributed by atoms with Crippen molar-refractivity contribution in [2.75, 3.05) is 18.4 Å². The molecular weight excluding hydrogens is 360 g/mol. The van der Waals surface area contributed by atoms with Gasteiger partial charge in [0.2, 0.25) is 5.91 Å². The highest BCUT2D eigenvalue weighted by atomic mass is 32.1. The molecule has 144 valence electrons. The summed E-state index contributed by atoms with van der Waals surface area (Å²) in [6.07, 6.45) is 1.26. The highest BCUT2D eigenvalue weighted by molar-refractivity contribution is 7.12. The van der Waals surface area contributed by atoms with Gasteiger partial charge in [-0.25, -0.2) is 0 Å². The number of carbonyl (C=O) groups is 2. The van der Waals surface area contributed by atoms with E-state index < -0.39 is 0 Å². The molecule has 1 aliphatic rings. The first-order valence-electron chi connectivity index (χ1n) is 9.23. The smallest absolute Gasteiger partial charge is 0.263 e. The van der Waals surface area contributed by atoms with Crippen LogP contribution in [0.4, 0.5) is 5.69 Å². The van der Waals surface area contributed by atoms with E-state index in [0.29, 0.717) is 31.6 Å². The fraction of sp³-hybridized carbons (Fsp3) is 0.429. The van der Waals surface area contributed by atoms with Gasteiger partial charge >= 0.3 is 0 Å². The molecule has 0 radical (unpaired) electrons. The topological polar surface area (TPSA) is 69.6 Å². The van der Waals surface area contributed by atoms with Crippen molar-refractivity contribution in [1.29, 1.82) is 0 Å². The lowest BCUT2D eigenvalue weighted by atomic mass is 9.86. The van der Waals surface area contributed by atoms with Crippen LogP contribution in [0.3, 0.4) is 0 Å². The number of hydrogen-bond donors (Lipinski definition) is 2. The minimum absolute atomic E-state index is 0.0411. The number of rotatable bonds is 3. The van der Waals surface area contributed by atoms with E-state index in [1.807, 2.05) is 34.5 Å². The number of nitrogens with zero attached hydrogens (tertiary/aromatic N) is 1. The second-order valence-corrected chi connectivity index (χ2v) is 8.96. The molecule has 0 atom stereocenters. The molecule has 1 saturated heterocycles. The van der Waals surface area contributed by atoms with Crippen molar-refractivity contribution in [3.8, 4) is 5.75 Å². The van der Waals surface area contributed by atoms with Gasteiger partial charge in [0, 0.05) is 19.0 Å². The van der Waals surface area contributed by atoms with E-state index >= 15 is 0 Å². The zero-order valence-corrected chi connectivity index (χ0v) is 16.8. The lowest BCUT2D eigenvalue weighted by molar-refractivity contribution is -0.121. The summed E-state index contributed by atoms with van der Waals surface area (Å²) in [5.41, 5.74) is 1.43. The van der Waals surface area contributed by atoms with Gasteiger partial charge < -0.3 is 15.3 Å². The summed E-state index contributed by atoms with van der Waals surface area (Å²) in [5, 5.41) is 14.9. The molecule has 0 bridgehead atoms. The predicted octanol–water partition coefficient (Wildman–Crippen LogP) is 4.24. The number of nitrogens with one attached hydrogen (secondary N) is 1. The lowest BCUT2D eigenvalue weighted by Crippen LogP contribution is -2.41. The van der Waals surface area contributed by atoms with Crippen molar-refractivity contribution >= 4 is 28.8 Å². The van der Waals surface area contributed by atoms with Crippen molar-refractivity contribution in [3.05, 3.63) is 46.2 Å². The number of phenolic OH excluding ortho intramolecular Hbond substituents is 1. The molecule has 1 aromatic heterocycles.